The van der Waals surface area contributed by atoms with Crippen LogP contribution in [0.25, 0.3) is 11.8 Å². The van der Waals surface area contributed by atoms with E-state index in [0.717, 1.165) is 34.0 Å². The topological polar surface area (TPSA) is 46.8 Å². The second-order valence-corrected chi connectivity index (χ2v) is 9.00. The van der Waals surface area contributed by atoms with Crippen molar-refractivity contribution < 1.29 is 9.53 Å². The summed E-state index contributed by atoms with van der Waals surface area (Å²) in [4.78, 5) is 18.9. The van der Waals surface area contributed by atoms with Gasteiger partial charge >= 0.3 is 0 Å². The smallest absolute Gasteiger partial charge is 0.266 e. The average molecular weight is 466 g/mol. The van der Waals surface area contributed by atoms with Crippen LogP contribution in [0.2, 0.25) is 5.02 Å². The summed E-state index contributed by atoms with van der Waals surface area (Å²) in [5, 5.41) is 1.43. The lowest BCUT2D eigenvalue weighted by atomic mass is 10.2. The van der Waals surface area contributed by atoms with Gasteiger partial charge in [0.1, 0.15) is 12.4 Å². The molecule has 1 aliphatic rings. The van der Waals surface area contributed by atoms with Gasteiger partial charge in [0, 0.05) is 36.2 Å². The first-order chi connectivity index (χ1) is 15.4. The van der Waals surface area contributed by atoms with Gasteiger partial charge in [0.15, 0.2) is 5.17 Å². The number of hydrogen-bond acceptors (Lipinski definition) is 4. The van der Waals surface area contributed by atoms with Crippen molar-refractivity contribution in [3.05, 3.63) is 87.0 Å². The molecule has 0 unspecified atom stereocenters. The molecule has 164 valence electrons. The first kappa shape index (κ1) is 22.2. The quantitative estimate of drug-likeness (QED) is 0.443. The Labute approximate surface area is 197 Å². The number of thioether (sulfide) groups is 1. The van der Waals surface area contributed by atoms with Gasteiger partial charge in [0.05, 0.1) is 4.91 Å². The van der Waals surface area contributed by atoms with Crippen molar-refractivity contribution >= 4 is 40.5 Å². The van der Waals surface area contributed by atoms with Crippen molar-refractivity contribution in [3.63, 3.8) is 0 Å². The molecule has 1 aromatic heterocycles. The lowest BCUT2D eigenvalue weighted by molar-refractivity contribution is -0.121. The van der Waals surface area contributed by atoms with E-state index in [-0.39, 0.29) is 5.91 Å². The van der Waals surface area contributed by atoms with Gasteiger partial charge in [-0.1, -0.05) is 23.7 Å². The highest BCUT2D eigenvalue weighted by Crippen LogP contribution is 2.33. The zero-order chi connectivity index (χ0) is 22.8. The Morgan fingerprint density at radius 1 is 1.09 bits per heavy atom. The van der Waals surface area contributed by atoms with Gasteiger partial charge < -0.3 is 9.30 Å². The molecule has 0 spiro atoms. The zero-order valence-corrected chi connectivity index (χ0v) is 20.0. The largest absolute Gasteiger partial charge is 0.489 e. The highest BCUT2D eigenvalue weighted by Gasteiger charge is 2.30. The van der Waals surface area contributed by atoms with Gasteiger partial charge in [0.25, 0.3) is 5.91 Å². The monoisotopic (exact) mass is 465 g/mol. The maximum atomic E-state index is 12.5. The third-order valence-corrected chi connectivity index (χ3v) is 6.77. The Balaban J connectivity index is 1.53. The van der Waals surface area contributed by atoms with Crippen LogP contribution in [0.15, 0.2) is 64.5 Å². The number of aryl methyl sites for hydroxylation is 1. The molecular formula is C25H24ClN3O2S. The van der Waals surface area contributed by atoms with Crippen LogP contribution in [0.3, 0.4) is 0 Å². The van der Waals surface area contributed by atoms with Crippen molar-refractivity contribution in [1.82, 2.24) is 9.47 Å². The number of carbonyl (C=O) groups excluding carboxylic acids is 1. The van der Waals surface area contributed by atoms with Crippen LogP contribution in [-0.4, -0.2) is 34.6 Å². The van der Waals surface area contributed by atoms with Gasteiger partial charge in [-0.3, -0.25) is 14.7 Å². The van der Waals surface area contributed by atoms with E-state index in [4.69, 9.17) is 16.3 Å². The molecule has 0 saturated carbocycles. The molecule has 1 amide bonds. The third kappa shape index (κ3) is 4.47. The number of benzene rings is 2. The lowest BCUT2D eigenvalue weighted by Crippen LogP contribution is -2.23. The van der Waals surface area contributed by atoms with E-state index in [9.17, 15) is 4.79 Å². The van der Waals surface area contributed by atoms with Crippen LogP contribution < -0.4 is 4.74 Å². The molecule has 0 radical (unpaired) electrons. The molecule has 1 aliphatic heterocycles. The number of rotatable bonds is 5. The summed E-state index contributed by atoms with van der Waals surface area (Å²) in [6.07, 6.45) is 1.95. The third-order valence-electron chi connectivity index (χ3n) is 5.37. The number of nitrogens with zero attached hydrogens (tertiary/aromatic N) is 3. The predicted molar refractivity (Wildman–Crippen MR) is 133 cm³/mol. The minimum Gasteiger partial charge on any atom is -0.489 e. The molecule has 2 heterocycles. The van der Waals surface area contributed by atoms with E-state index < -0.39 is 0 Å². The normalized spacial score (nSPS) is 16.4. The molecule has 2 aromatic carbocycles. The number of likely N-dealkylation sites (N-methyl/N-ethyl adjacent to an activating group) is 1. The maximum Gasteiger partial charge on any atom is 0.266 e. The van der Waals surface area contributed by atoms with Crippen molar-refractivity contribution in [2.75, 3.05) is 14.1 Å². The van der Waals surface area contributed by atoms with Gasteiger partial charge in [-0.15, -0.1) is 0 Å². The minimum absolute atomic E-state index is 0.0254. The van der Waals surface area contributed by atoms with E-state index in [0.29, 0.717) is 21.7 Å². The number of aromatic nitrogens is 1. The Morgan fingerprint density at radius 2 is 1.78 bits per heavy atom. The van der Waals surface area contributed by atoms with Crippen LogP contribution in [0.5, 0.6) is 5.75 Å². The summed E-state index contributed by atoms with van der Waals surface area (Å²) in [6, 6.07) is 17.8. The number of ether oxygens (including phenoxy) is 1. The number of carbonyl (C=O) groups is 1. The molecular weight excluding hydrogens is 442 g/mol. The van der Waals surface area contributed by atoms with Gasteiger partial charge in [-0.05, 0) is 85.3 Å². The predicted octanol–water partition coefficient (Wildman–Crippen LogP) is 5.86. The first-order valence-corrected chi connectivity index (χ1v) is 11.4. The molecule has 0 N–H and O–H groups in total. The Kier molecular flexibility index (Phi) is 6.44. The highest BCUT2D eigenvalue weighted by atomic mass is 35.5. The molecule has 3 aromatic rings. The van der Waals surface area contributed by atoms with Crippen LogP contribution in [0.1, 0.15) is 22.5 Å². The van der Waals surface area contributed by atoms with Gasteiger partial charge in [-0.25, -0.2) is 0 Å². The van der Waals surface area contributed by atoms with Crippen LogP contribution in [-0.2, 0) is 11.4 Å². The molecule has 0 bridgehead atoms. The number of amides is 1. The van der Waals surface area contributed by atoms with Crippen LogP contribution in [0.4, 0.5) is 0 Å². The molecule has 0 atom stereocenters. The summed E-state index contributed by atoms with van der Waals surface area (Å²) in [6.45, 7) is 4.61. The molecule has 1 saturated heterocycles. The lowest BCUT2D eigenvalue weighted by Gasteiger charge is -2.12. The van der Waals surface area contributed by atoms with E-state index in [1.54, 1.807) is 19.0 Å². The van der Waals surface area contributed by atoms with Gasteiger partial charge in [-0.2, -0.15) is 0 Å². The second kappa shape index (κ2) is 9.27. The molecule has 5 nitrogen and oxygen atoms in total. The number of halogens is 1. The summed E-state index contributed by atoms with van der Waals surface area (Å²) in [5.74, 6) is 0.776. The molecule has 32 heavy (non-hydrogen) atoms. The van der Waals surface area contributed by atoms with Crippen molar-refractivity contribution in [2.45, 2.75) is 20.5 Å². The Morgan fingerprint density at radius 3 is 2.41 bits per heavy atom. The molecule has 0 aliphatic carbocycles. The maximum absolute atomic E-state index is 12.5. The van der Waals surface area contributed by atoms with Gasteiger partial charge in [0.2, 0.25) is 0 Å². The zero-order valence-electron chi connectivity index (χ0n) is 18.4. The standard InChI is InChI=1S/C25H24ClN3O2S/c1-16-13-19(14-23-24(30)28(4)25(27-3)32-23)17(2)29(16)21-9-11-22(12-10-21)31-15-18-5-7-20(26)8-6-18/h5-14H,15H2,1-4H3/b23-14-,27-25?. The van der Waals surface area contributed by atoms with Crippen molar-refractivity contribution in [2.24, 2.45) is 4.99 Å². The van der Waals surface area contributed by atoms with E-state index in [1.165, 1.54) is 11.8 Å². The number of aliphatic imine (C=N–C) groups is 1. The summed E-state index contributed by atoms with van der Waals surface area (Å²) in [7, 11) is 3.45. The number of hydrogen-bond donors (Lipinski definition) is 0. The summed E-state index contributed by atoms with van der Waals surface area (Å²) < 4.78 is 8.08. The Bertz CT molecular complexity index is 1210. The SMILES string of the molecule is CN=C1S/C(=C\c2cc(C)n(-c3ccc(OCc4ccc(Cl)cc4)cc3)c2C)C(=O)N1C. The average Bonchev–Trinajstić information content (AvgIpc) is 3.23. The fourth-order valence-electron chi connectivity index (χ4n) is 3.66. The second-order valence-electron chi connectivity index (χ2n) is 7.55. The van der Waals surface area contributed by atoms with E-state index >= 15 is 0 Å². The highest BCUT2D eigenvalue weighted by molar-refractivity contribution is 8.18. The minimum atomic E-state index is -0.0254. The van der Waals surface area contributed by atoms with Crippen LogP contribution >= 0.6 is 23.4 Å². The fourth-order valence-corrected chi connectivity index (χ4v) is 4.70. The summed E-state index contributed by atoms with van der Waals surface area (Å²) >= 11 is 7.34. The van der Waals surface area contributed by atoms with Crippen molar-refractivity contribution in [1.29, 1.82) is 0 Å². The van der Waals surface area contributed by atoms with Crippen molar-refractivity contribution in [3.8, 4) is 11.4 Å². The van der Waals surface area contributed by atoms with Crippen LogP contribution in [0, 0.1) is 13.8 Å². The Hall–Kier alpha value is -2.96. The van der Waals surface area contributed by atoms with E-state index in [2.05, 4.69) is 29.5 Å². The first-order valence-electron chi connectivity index (χ1n) is 10.2. The molecule has 4 rings (SSSR count). The van der Waals surface area contributed by atoms with E-state index in [1.807, 2.05) is 54.6 Å². The number of amidine groups is 1. The summed E-state index contributed by atoms with van der Waals surface area (Å²) in [5.41, 5.74) is 5.30. The fraction of sp³-hybridized carbons (Fsp3) is 0.200. The molecule has 7 heteroatoms. The molecule has 1 fully saturated rings.